The standard InChI is InChI=1S/C17H27N3O2/c1-12(2)19-8-5-13(6-9-19)10-14-11-20-7-3-4-15(17(21)22)16(20)18-14/h11-13,15H,3-10H2,1-2H3,(H,21,22). The van der Waals surface area contributed by atoms with Crippen LogP contribution in [0.5, 0.6) is 0 Å². The van der Waals surface area contributed by atoms with Crippen LogP contribution in [0.1, 0.15) is 57.0 Å². The number of aryl methyl sites for hydroxylation is 1. The summed E-state index contributed by atoms with van der Waals surface area (Å²) < 4.78 is 2.07. The third-order valence-electron chi connectivity index (χ3n) is 5.24. The van der Waals surface area contributed by atoms with Crippen molar-refractivity contribution in [2.45, 2.75) is 64.5 Å². The third-order valence-corrected chi connectivity index (χ3v) is 5.24. The Morgan fingerprint density at radius 1 is 1.32 bits per heavy atom. The molecule has 0 amide bonds. The zero-order chi connectivity index (χ0) is 15.7. The van der Waals surface area contributed by atoms with E-state index in [9.17, 15) is 9.90 Å². The molecule has 2 aliphatic rings. The summed E-state index contributed by atoms with van der Waals surface area (Å²) in [5.41, 5.74) is 1.09. The van der Waals surface area contributed by atoms with Gasteiger partial charge in [0.05, 0.1) is 5.69 Å². The second-order valence-electron chi connectivity index (χ2n) is 7.09. The van der Waals surface area contributed by atoms with E-state index in [1.807, 2.05) is 0 Å². The molecule has 0 aromatic carbocycles. The van der Waals surface area contributed by atoms with Crippen molar-refractivity contribution in [1.29, 1.82) is 0 Å². The van der Waals surface area contributed by atoms with Crippen LogP contribution in [-0.4, -0.2) is 44.7 Å². The van der Waals surface area contributed by atoms with Gasteiger partial charge in [-0.1, -0.05) is 0 Å². The fourth-order valence-corrected chi connectivity index (χ4v) is 3.84. The molecule has 0 spiro atoms. The number of aliphatic carboxylic acids is 1. The van der Waals surface area contributed by atoms with E-state index in [1.165, 1.54) is 25.9 Å². The maximum Gasteiger partial charge on any atom is 0.314 e. The summed E-state index contributed by atoms with van der Waals surface area (Å²) in [4.78, 5) is 18.6. The van der Waals surface area contributed by atoms with Gasteiger partial charge in [0.2, 0.25) is 0 Å². The summed E-state index contributed by atoms with van der Waals surface area (Å²) >= 11 is 0. The van der Waals surface area contributed by atoms with Gasteiger partial charge in [-0.2, -0.15) is 0 Å². The van der Waals surface area contributed by atoms with E-state index >= 15 is 0 Å². The minimum Gasteiger partial charge on any atom is -0.481 e. The Labute approximate surface area is 132 Å². The van der Waals surface area contributed by atoms with Gasteiger partial charge in [-0.15, -0.1) is 0 Å². The molecule has 0 aliphatic carbocycles. The molecule has 1 fully saturated rings. The number of rotatable bonds is 4. The lowest BCUT2D eigenvalue weighted by atomic mass is 9.92. The molecule has 1 atom stereocenters. The number of fused-ring (bicyclic) bond motifs is 1. The molecule has 0 bridgehead atoms. The number of likely N-dealkylation sites (tertiary alicyclic amines) is 1. The molecule has 22 heavy (non-hydrogen) atoms. The van der Waals surface area contributed by atoms with Crippen molar-refractivity contribution >= 4 is 5.97 Å². The lowest BCUT2D eigenvalue weighted by Crippen LogP contribution is -2.38. The first-order valence-corrected chi connectivity index (χ1v) is 8.57. The molecule has 1 saturated heterocycles. The normalized spacial score (nSPS) is 23.7. The second-order valence-corrected chi connectivity index (χ2v) is 7.09. The quantitative estimate of drug-likeness (QED) is 0.928. The average Bonchev–Trinajstić information content (AvgIpc) is 2.89. The minimum atomic E-state index is -0.733. The van der Waals surface area contributed by atoms with Gasteiger partial charge < -0.3 is 14.6 Å². The van der Waals surface area contributed by atoms with Gasteiger partial charge in [-0.25, -0.2) is 4.98 Å². The highest BCUT2D eigenvalue weighted by molar-refractivity contribution is 5.75. The molecule has 5 nitrogen and oxygen atoms in total. The number of imidazole rings is 1. The number of piperidine rings is 1. The van der Waals surface area contributed by atoms with Gasteiger partial charge in [0.15, 0.2) is 0 Å². The smallest absolute Gasteiger partial charge is 0.314 e. The Morgan fingerprint density at radius 2 is 2.05 bits per heavy atom. The number of hydrogen-bond acceptors (Lipinski definition) is 3. The number of aromatic nitrogens is 2. The van der Waals surface area contributed by atoms with E-state index in [0.717, 1.165) is 37.3 Å². The van der Waals surface area contributed by atoms with E-state index in [0.29, 0.717) is 12.0 Å². The van der Waals surface area contributed by atoms with Crippen molar-refractivity contribution < 1.29 is 9.90 Å². The topological polar surface area (TPSA) is 58.4 Å². The van der Waals surface area contributed by atoms with Crippen LogP contribution in [0.15, 0.2) is 6.20 Å². The van der Waals surface area contributed by atoms with Crippen LogP contribution in [-0.2, 0) is 17.8 Å². The molecule has 3 rings (SSSR count). The number of carboxylic acids is 1. The number of carbonyl (C=O) groups is 1. The second kappa shape index (κ2) is 6.41. The molecule has 1 aromatic rings. The average molecular weight is 305 g/mol. The van der Waals surface area contributed by atoms with Crippen molar-refractivity contribution in [3.05, 3.63) is 17.7 Å². The third kappa shape index (κ3) is 3.19. The summed E-state index contributed by atoms with van der Waals surface area (Å²) in [6.07, 6.45) is 7.20. The summed E-state index contributed by atoms with van der Waals surface area (Å²) in [5.74, 6) is 0.317. The SMILES string of the molecule is CC(C)N1CCC(Cc2cn3c(n2)C(C(=O)O)CCC3)CC1. The van der Waals surface area contributed by atoms with Gasteiger partial charge in [0, 0.05) is 18.8 Å². The molecule has 5 heteroatoms. The summed E-state index contributed by atoms with van der Waals surface area (Å²) in [6.45, 7) is 7.78. The van der Waals surface area contributed by atoms with Crippen LogP contribution in [0.25, 0.3) is 0 Å². The molecule has 2 aliphatic heterocycles. The van der Waals surface area contributed by atoms with Gasteiger partial charge in [-0.05, 0) is 65.0 Å². The molecule has 3 heterocycles. The van der Waals surface area contributed by atoms with Crippen molar-refractivity contribution in [3.8, 4) is 0 Å². The molecule has 1 unspecified atom stereocenters. The lowest BCUT2D eigenvalue weighted by molar-refractivity contribution is -0.139. The van der Waals surface area contributed by atoms with Crippen LogP contribution in [0.4, 0.5) is 0 Å². The van der Waals surface area contributed by atoms with E-state index < -0.39 is 11.9 Å². The van der Waals surface area contributed by atoms with Crippen LogP contribution in [0.3, 0.4) is 0 Å². The van der Waals surface area contributed by atoms with Gasteiger partial charge >= 0.3 is 5.97 Å². The maximum atomic E-state index is 11.4. The fourth-order valence-electron chi connectivity index (χ4n) is 3.84. The minimum absolute atomic E-state index is 0.412. The Kier molecular flexibility index (Phi) is 4.52. The first kappa shape index (κ1) is 15.5. The van der Waals surface area contributed by atoms with Crippen LogP contribution in [0.2, 0.25) is 0 Å². The summed E-state index contributed by atoms with van der Waals surface area (Å²) in [5, 5.41) is 9.34. The van der Waals surface area contributed by atoms with Crippen molar-refractivity contribution in [2.24, 2.45) is 5.92 Å². The Morgan fingerprint density at radius 3 is 2.68 bits per heavy atom. The highest BCUT2D eigenvalue weighted by Gasteiger charge is 2.29. The van der Waals surface area contributed by atoms with Crippen molar-refractivity contribution in [3.63, 3.8) is 0 Å². The van der Waals surface area contributed by atoms with Gasteiger partial charge in [0.25, 0.3) is 0 Å². The molecular formula is C17H27N3O2. The lowest BCUT2D eigenvalue weighted by Gasteiger charge is -2.34. The van der Waals surface area contributed by atoms with Gasteiger partial charge in [0.1, 0.15) is 11.7 Å². The van der Waals surface area contributed by atoms with E-state index in [1.54, 1.807) is 0 Å². The monoisotopic (exact) mass is 305 g/mol. The van der Waals surface area contributed by atoms with Crippen molar-refractivity contribution in [1.82, 2.24) is 14.5 Å². The zero-order valence-corrected chi connectivity index (χ0v) is 13.7. The summed E-state index contributed by atoms with van der Waals surface area (Å²) in [6, 6.07) is 0.636. The summed E-state index contributed by atoms with van der Waals surface area (Å²) in [7, 11) is 0. The molecule has 1 aromatic heterocycles. The highest BCUT2D eigenvalue weighted by Crippen LogP contribution is 2.29. The molecule has 0 radical (unpaired) electrons. The van der Waals surface area contributed by atoms with Gasteiger partial charge in [-0.3, -0.25) is 4.79 Å². The Bertz CT molecular complexity index is 530. The Balaban J connectivity index is 1.64. The van der Waals surface area contributed by atoms with Crippen LogP contribution >= 0.6 is 0 Å². The molecule has 0 saturated carbocycles. The zero-order valence-electron chi connectivity index (χ0n) is 13.7. The van der Waals surface area contributed by atoms with E-state index in [-0.39, 0.29) is 0 Å². The predicted octanol–water partition coefficient (Wildman–Crippen LogP) is 2.51. The molecule has 1 N–H and O–H groups in total. The van der Waals surface area contributed by atoms with E-state index in [4.69, 9.17) is 0 Å². The number of carboxylic acid groups (broad SMARTS) is 1. The maximum absolute atomic E-state index is 11.4. The molecule has 122 valence electrons. The first-order valence-electron chi connectivity index (χ1n) is 8.57. The Hall–Kier alpha value is -1.36. The van der Waals surface area contributed by atoms with Crippen LogP contribution in [0, 0.1) is 5.92 Å². The highest BCUT2D eigenvalue weighted by atomic mass is 16.4. The van der Waals surface area contributed by atoms with Crippen molar-refractivity contribution in [2.75, 3.05) is 13.1 Å². The molecular weight excluding hydrogens is 278 g/mol. The largest absolute Gasteiger partial charge is 0.481 e. The fraction of sp³-hybridized carbons (Fsp3) is 0.765. The van der Waals surface area contributed by atoms with Crippen LogP contribution < -0.4 is 0 Å². The number of nitrogens with zero attached hydrogens (tertiary/aromatic N) is 3. The number of hydrogen-bond donors (Lipinski definition) is 1. The predicted molar refractivity (Wildman–Crippen MR) is 85.0 cm³/mol. The first-order chi connectivity index (χ1) is 10.5. The van der Waals surface area contributed by atoms with E-state index in [2.05, 4.69) is 34.5 Å².